The zero-order valence-corrected chi connectivity index (χ0v) is 16.1. The lowest BCUT2D eigenvalue weighted by Crippen LogP contribution is -2.31. The molecule has 0 spiro atoms. The average Bonchev–Trinajstić information content (AvgIpc) is 3.18. The summed E-state index contributed by atoms with van der Waals surface area (Å²) in [5.41, 5.74) is 1.35. The second-order valence-corrected chi connectivity index (χ2v) is 7.74. The van der Waals surface area contributed by atoms with Crippen LogP contribution in [0.1, 0.15) is 30.6 Å². The third-order valence-electron chi connectivity index (χ3n) is 4.58. The minimum absolute atomic E-state index is 0.0679. The van der Waals surface area contributed by atoms with Crippen LogP contribution < -0.4 is 5.32 Å². The van der Waals surface area contributed by atoms with Crippen molar-refractivity contribution < 1.29 is 14.1 Å². The van der Waals surface area contributed by atoms with Crippen LogP contribution in [0.25, 0.3) is 11.3 Å². The van der Waals surface area contributed by atoms with E-state index in [-0.39, 0.29) is 11.3 Å². The molecule has 0 unspecified atom stereocenters. The summed E-state index contributed by atoms with van der Waals surface area (Å²) >= 11 is 5.98. The van der Waals surface area contributed by atoms with Gasteiger partial charge >= 0.3 is 0 Å². The molecule has 0 atom stereocenters. The maximum Gasteiger partial charge on any atom is 0.261 e. The molecular weight excluding hydrogens is 354 g/mol. The molecule has 1 aliphatic rings. The maximum absolute atomic E-state index is 13.2. The number of nitrogens with one attached hydrogen (secondary N) is 1. The van der Waals surface area contributed by atoms with Crippen molar-refractivity contribution in [2.45, 2.75) is 20.3 Å². The average molecular weight is 378 g/mol. The Morgan fingerprint density at radius 1 is 1.38 bits per heavy atom. The van der Waals surface area contributed by atoms with Crippen molar-refractivity contribution in [3.8, 4) is 11.3 Å². The number of carbonyl (C=O) groups is 1. The van der Waals surface area contributed by atoms with E-state index in [1.807, 2.05) is 17.0 Å². The van der Waals surface area contributed by atoms with Crippen LogP contribution >= 0.6 is 11.6 Å². The second kappa shape index (κ2) is 7.68. The SMILES string of the molecule is COCCNc1noc(-c2ccc(Cl)cc2)c1C(=O)N1CCC(C)(C)C1. The lowest BCUT2D eigenvalue weighted by Gasteiger charge is -2.20. The number of aromatic nitrogens is 1. The molecule has 0 radical (unpaired) electrons. The molecule has 2 heterocycles. The highest BCUT2D eigenvalue weighted by molar-refractivity contribution is 6.30. The van der Waals surface area contributed by atoms with E-state index in [9.17, 15) is 4.79 Å². The lowest BCUT2D eigenvalue weighted by atomic mass is 9.93. The van der Waals surface area contributed by atoms with Gasteiger partial charge in [0.25, 0.3) is 5.91 Å². The normalized spacial score (nSPS) is 16.1. The Hall–Kier alpha value is -2.05. The number of hydrogen-bond donors (Lipinski definition) is 1. The number of carbonyl (C=O) groups excluding carboxylic acids is 1. The van der Waals surface area contributed by atoms with Crippen LogP contribution in [0, 0.1) is 5.41 Å². The molecule has 2 aromatic rings. The topological polar surface area (TPSA) is 67.6 Å². The fourth-order valence-corrected chi connectivity index (χ4v) is 3.25. The molecule has 0 saturated carbocycles. The van der Waals surface area contributed by atoms with Gasteiger partial charge in [0.2, 0.25) is 0 Å². The first-order valence-electron chi connectivity index (χ1n) is 8.69. The molecule has 1 fully saturated rings. The number of rotatable bonds is 6. The fraction of sp³-hybridized carbons (Fsp3) is 0.474. The molecule has 1 aliphatic heterocycles. The van der Waals surface area contributed by atoms with Gasteiger partial charge < -0.3 is 19.5 Å². The highest BCUT2D eigenvalue weighted by Crippen LogP contribution is 2.35. The molecule has 1 N–H and O–H groups in total. The van der Waals surface area contributed by atoms with Crippen molar-refractivity contribution in [1.29, 1.82) is 0 Å². The van der Waals surface area contributed by atoms with E-state index >= 15 is 0 Å². The van der Waals surface area contributed by atoms with Crippen molar-refractivity contribution in [1.82, 2.24) is 10.1 Å². The molecular formula is C19H24ClN3O3. The number of nitrogens with zero attached hydrogens (tertiary/aromatic N) is 2. The number of methoxy groups -OCH3 is 1. The number of benzene rings is 1. The smallest absolute Gasteiger partial charge is 0.261 e. The molecule has 6 nitrogen and oxygen atoms in total. The summed E-state index contributed by atoms with van der Waals surface area (Å²) in [6.45, 7) is 6.84. The Labute approximate surface area is 158 Å². The molecule has 0 aliphatic carbocycles. The van der Waals surface area contributed by atoms with Gasteiger partial charge in [-0.3, -0.25) is 4.79 Å². The first-order chi connectivity index (χ1) is 12.4. The van der Waals surface area contributed by atoms with Gasteiger partial charge in [-0.25, -0.2) is 0 Å². The van der Waals surface area contributed by atoms with Gasteiger partial charge in [0.15, 0.2) is 11.6 Å². The van der Waals surface area contributed by atoms with Crippen molar-refractivity contribution >= 4 is 23.3 Å². The summed E-state index contributed by atoms with van der Waals surface area (Å²) in [7, 11) is 1.63. The minimum atomic E-state index is -0.0679. The van der Waals surface area contributed by atoms with E-state index in [0.717, 1.165) is 18.5 Å². The van der Waals surface area contributed by atoms with Gasteiger partial charge in [-0.05, 0) is 36.1 Å². The third-order valence-corrected chi connectivity index (χ3v) is 4.83. The van der Waals surface area contributed by atoms with Crippen LogP contribution in [0.15, 0.2) is 28.8 Å². The highest BCUT2D eigenvalue weighted by atomic mass is 35.5. The van der Waals surface area contributed by atoms with E-state index < -0.39 is 0 Å². The maximum atomic E-state index is 13.2. The van der Waals surface area contributed by atoms with E-state index in [0.29, 0.717) is 41.9 Å². The second-order valence-electron chi connectivity index (χ2n) is 7.30. The molecule has 1 aromatic carbocycles. The zero-order chi connectivity index (χ0) is 18.7. The van der Waals surface area contributed by atoms with E-state index in [1.54, 1.807) is 19.2 Å². The Kier molecular flexibility index (Phi) is 5.53. The number of ether oxygens (including phenoxy) is 1. The Balaban J connectivity index is 1.94. The van der Waals surface area contributed by atoms with Crippen LogP contribution in [-0.2, 0) is 4.74 Å². The third kappa shape index (κ3) is 4.02. The van der Waals surface area contributed by atoms with E-state index in [1.165, 1.54) is 0 Å². The predicted molar refractivity (Wildman–Crippen MR) is 102 cm³/mol. The first-order valence-corrected chi connectivity index (χ1v) is 9.07. The number of likely N-dealkylation sites (tertiary alicyclic amines) is 1. The van der Waals surface area contributed by atoms with Gasteiger partial charge in [0, 0.05) is 37.3 Å². The predicted octanol–water partition coefficient (Wildman–Crippen LogP) is 3.93. The molecule has 1 amide bonds. The van der Waals surface area contributed by atoms with Crippen molar-refractivity contribution in [3.63, 3.8) is 0 Å². The van der Waals surface area contributed by atoms with Crippen LogP contribution in [0.5, 0.6) is 0 Å². The standard InChI is InChI=1S/C19H24ClN3O3/c1-19(2)8-10-23(12-19)18(24)15-16(13-4-6-14(20)7-5-13)26-22-17(15)21-9-11-25-3/h4-7H,8-12H2,1-3H3,(H,21,22). The molecule has 1 aromatic heterocycles. The van der Waals surface area contributed by atoms with Gasteiger partial charge in [-0.2, -0.15) is 0 Å². The van der Waals surface area contributed by atoms with E-state index in [4.69, 9.17) is 20.9 Å². The molecule has 26 heavy (non-hydrogen) atoms. The van der Waals surface area contributed by atoms with Gasteiger partial charge in [-0.1, -0.05) is 30.6 Å². The van der Waals surface area contributed by atoms with Crippen LogP contribution in [0.3, 0.4) is 0 Å². The van der Waals surface area contributed by atoms with E-state index in [2.05, 4.69) is 24.3 Å². The number of amides is 1. The monoisotopic (exact) mass is 377 g/mol. The number of halogens is 1. The fourth-order valence-electron chi connectivity index (χ4n) is 3.12. The van der Waals surface area contributed by atoms with Crippen LogP contribution in [0.4, 0.5) is 5.82 Å². The first kappa shape index (κ1) is 18.7. The highest BCUT2D eigenvalue weighted by Gasteiger charge is 2.36. The Morgan fingerprint density at radius 3 is 2.73 bits per heavy atom. The summed E-state index contributed by atoms with van der Waals surface area (Å²) < 4.78 is 10.6. The van der Waals surface area contributed by atoms with Gasteiger partial charge in [0.05, 0.1) is 6.61 Å². The van der Waals surface area contributed by atoms with Gasteiger partial charge in [0.1, 0.15) is 5.56 Å². The molecule has 140 valence electrons. The zero-order valence-electron chi connectivity index (χ0n) is 15.3. The molecule has 7 heteroatoms. The van der Waals surface area contributed by atoms with Gasteiger partial charge in [-0.15, -0.1) is 0 Å². The molecule has 1 saturated heterocycles. The number of anilines is 1. The summed E-state index contributed by atoms with van der Waals surface area (Å²) in [5.74, 6) is 0.833. The minimum Gasteiger partial charge on any atom is -0.383 e. The summed E-state index contributed by atoms with van der Waals surface area (Å²) in [5, 5.41) is 7.86. The summed E-state index contributed by atoms with van der Waals surface area (Å²) in [6, 6.07) is 7.19. The van der Waals surface area contributed by atoms with Crippen molar-refractivity contribution in [3.05, 3.63) is 34.9 Å². The number of hydrogen-bond acceptors (Lipinski definition) is 5. The molecule has 0 bridgehead atoms. The van der Waals surface area contributed by atoms with Crippen LogP contribution in [-0.4, -0.2) is 49.3 Å². The van der Waals surface area contributed by atoms with Crippen LogP contribution in [0.2, 0.25) is 5.02 Å². The Bertz CT molecular complexity index is 771. The Morgan fingerprint density at radius 2 is 2.12 bits per heavy atom. The lowest BCUT2D eigenvalue weighted by molar-refractivity contribution is 0.0779. The summed E-state index contributed by atoms with van der Waals surface area (Å²) in [6.07, 6.45) is 0.979. The van der Waals surface area contributed by atoms with Crippen molar-refractivity contribution in [2.75, 3.05) is 38.7 Å². The summed E-state index contributed by atoms with van der Waals surface area (Å²) in [4.78, 5) is 15.1. The quantitative estimate of drug-likeness (QED) is 0.772. The molecule has 3 rings (SSSR count). The van der Waals surface area contributed by atoms with Crippen molar-refractivity contribution in [2.24, 2.45) is 5.41 Å². The largest absolute Gasteiger partial charge is 0.383 e.